The maximum absolute atomic E-state index is 13.5. The Balaban J connectivity index is 2.89. The fourth-order valence-electron chi connectivity index (χ4n) is 1.43. The Labute approximate surface area is 123 Å². The van der Waals surface area contributed by atoms with Crippen LogP contribution in [0.1, 0.15) is 16.8 Å². The Kier molecular flexibility index (Phi) is 6.22. The largest absolute Gasteiger partial charge is 0.480 e. The highest BCUT2D eigenvalue weighted by molar-refractivity contribution is 7.98. The van der Waals surface area contributed by atoms with Gasteiger partial charge in [0, 0.05) is 0 Å². The first kappa shape index (κ1) is 16.7. The summed E-state index contributed by atoms with van der Waals surface area (Å²) in [5.74, 6) is -3.68. The van der Waals surface area contributed by atoms with Gasteiger partial charge in [0.2, 0.25) is 0 Å². The molecule has 0 radical (unpaired) electrons. The van der Waals surface area contributed by atoms with Crippen molar-refractivity contribution in [2.75, 3.05) is 12.0 Å². The van der Waals surface area contributed by atoms with E-state index in [-0.39, 0.29) is 6.42 Å². The highest BCUT2D eigenvalue weighted by Gasteiger charge is 2.22. The van der Waals surface area contributed by atoms with Gasteiger partial charge in [-0.1, -0.05) is 11.6 Å². The average molecular weight is 324 g/mol. The van der Waals surface area contributed by atoms with Gasteiger partial charge in [0.1, 0.15) is 17.7 Å². The van der Waals surface area contributed by atoms with Crippen molar-refractivity contribution in [3.05, 3.63) is 34.4 Å². The maximum Gasteiger partial charge on any atom is 0.326 e. The highest BCUT2D eigenvalue weighted by Crippen LogP contribution is 2.19. The van der Waals surface area contributed by atoms with Crippen LogP contribution in [0.2, 0.25) is 5.02 Å². The number of carboxylic acid groups (broad SMARTS) is 1. The van der Waals surface area contributed by atoms with Crippen LogP contribution < -0.4 is 5.32 Å². The number of halogens is 3. The van der Waals surface area contributed by atoms with E-state index in [1.54, 1.807) is 6.26 Å². The van der Waals surface area contributed by atoms with Crippen molar-refractivity contribution in [3.8, 4) is 0 Å². The van der Waals surface area contributed by atoms with Crippen LogP contribution in [0.25, 0.3) is 0 Å². The normalized spacial score (nSPS) is 12.0. The van der Waals surface area contributed by atoms with E-state index in [1.807, 2.05) is 0 Å². The van der Waals surface area contributed by atoms with Gasteiger partial charge in [0.05, 0.1) is 10.6 Å². The summed E-state index contributed by atoms with van der Waals surface area (Å²) < 4.78 is 26.7. The Morgan fingerprint density at radius 2 is 2.05 bits per heavy atom. The van der Waals surface area contributed by atoms with Gasteiger partial charge >= 0.3 is 5.97 Å². The topological polar surface area (TPSA) is 66.4 Å². The Hall–Kier alpha value is -1.34. The summed E-state index contributed by atoms with van der Waals surface area (Å²) in [4.78, 5) is 22.7. The third-order valence-corrected chi connectivity index (χ3v) is 3.40. The Morgan fingerprint density at radius 1 is 1.40 bits per heavy atom. The van der Waals surface area contributed by atoms with Gasteiger partial charge in [-0.15, -0.1) is 0 Å². The van der Waals surface area contributed by atoms with Crippen LogP contribution in [0.4, 0.5) is 8.78 Å². The Morgan fingerprint density at radius 3 is 2.60 bits per heavy atom. The second kappa shape index (κ2) is 7.44. The van der Waals surface area contributed by atoms with Crippen LogP contribution in [0, 0.1) is 11.6 Å². The summed E-state index contributed by atoms with van der Waals surface area (Å²) in [5.41, 5.74) is -0.581. The standard InChI is InChI=1S/C12H12ClF2NO3S/c1-20-3-2-10(12(18)19)16-11(17)6-4-9(15)7(13)5-8(6)14/h4-5,10H,2-3H2,1H3,(H,16,17)(H,18,19)/t10-/m0/s1. The van der Waals surface area contributed by atoms with Gasteiger partial charge in [-0.3, -0.25) is 4.79 Å². The second-order valence-electron chi connectivity index (χ2n) is 3.89. The molecule has 0 aromatic heterocycles. The van der Waals surface area contributed by atoms with E-state index in [0.29, 0.717) is 17.9 Å². The van der Waals surface area contributed by atoms with Gasteiger partial charge < -0.3 is 10.4 Å². The monoisotopic (exact) mass is 323 g/mol. The molecule has 1 atom stereocenters. The zero-order valence-electron chi connectivity index (χ0n) is 10.5. The van der Waals surface area contributed by atoms with E-state index in [4.69, 9.17) is 16.7 Å². The van der Waals surface area contributed by atoms with Crippen molar-refractivity contribution in [2.45, 2.75) is 12.5 Å². The lowest BCUT2D eigenvalue weighted by atomic mass is 10.1. The number of thioether (sulfide) groups is 1. The number of carbonyl (C=O) groups is 2. The van der Waals surface area contributed by atoms with Crippen molar-refractivity contribution in [1.29, 1.82) is 0 Å². The molecule has 0 heterocycles. The number of carboxylic acids is 1. The first-order chi connectivity index (χ1) is 9.36. The molecule has 1 amide bonds. The predicted molar refractivity (Wildman–Crippen MR) is 73.3 cm³/mol. The minimum absolute atomic E-state index is 0.180. The van der Waals surface area contributed by atoms with Gasteiger partial charge in [-0.25, -0.2) is 13.6 Å². The van der Waals surface area contributed by atoms with E-state index >= 15 is 0 Å². The summed E-state index contributed by atoms with van der Waals surface area (Å²) >= 11 is 6.78. The van der Waals surface area contributed by atoms with Gasteiger partial charge in [-0.2, -0.15) is 11.8 Å². The summed E-state index contributed by atoms with van der Waals surface area (Å²) in [6.07, 6.45) is 1.97. The van der Waals surface area contributed by atoms with Crippen LogP contribution in [0.15, 0.2) is 12.1 Å². The molecule has 1 aromatic carbocycles. The first-order valence-corrected chi connectivity index (χ1v) is 7.31. The molecule has 0 saturated heterocycles. The van der Waals surface area contributed by atoms with Gasteiger partial charge in [0.15, 0.2) is 0 Å². The summed E-state index contributed by atoms with van der Waals surface area (Å²) in [6.45, 7) is 0. The van der Waals surface area contributed by atoms with E-state index < -0.39 is 40.1 Å². The average Bonchev–Trinajstić information content (AvgIpc) is 2.38. The van der Waals surface area contributed by atoms with E-state index in [0.717, 1.165) is 0 Å². The number of rotatable bonds is 6. The zero-order valence-corrected chi connectivity index (χ0v) is 12.0. The van der Waals surface area contributed by atoms with Crippen LogP contribution in [-0.2, 0) is 4.79 Å². The lowest BCUT2D eigenvalue weighted by Crippen LogP contribution is -2.41. The molecule has 8 heteroatoms. The lowest BCUT2D eigenvalue weighted by Gasteiger charge is -2.14. The van der Waals surface area contributed by atoms with Crippen molar-refractivity contribution in [2.24, 2.45) is 0 Å². The molecule has 110 valence electrons. The molecule has 0 spiro atoms. The van der Waals surface area contributed by atoms with E-state index in [2.05, 4.69) is 5.32 Å². The third kappa shape index (κ3) is 4.35. The van der Waals surface area contributed by atoms with E-state index in [9.17, 15) is 18.4 Å². The fourth-order valence-corrected chi connectivity index (χ4v) is 2.05. The number of nitrogens with one attached hydrogen (secondary N) is 1. The number of amides is 1. The Bertz CT molecular complexity index is 528. The minimum Gasteiger partial charge on any atom is -0.480 e. The molecule has 0 unspecified atom stereocenters. The van der Waals surface area contributed by atoms with Crippen molar-refractivity contribution in [3.63, 3.8) is 0 Å². The van der Waals surface area contributed by atoms with Crippen molar-refractivity contribution < 1.29 is 23.5 Å². The predicted octanol–water partition coefficient (Wildman–Crippen LogP) is 2.55. The minimum atomic E-state index is -1.23. The first-order valence-electron chi connectivity index (χ1n) is 5.54. The molecule has 1 rings (SSSR count). The smallest absolute Gasteiger partial charge is 0.326 e. The summed E-state index contributed by atoms with van der Waals surface area (Å²) in [7, 11) is 0. The van der Waals surface area contributed by atoms with Gasteiger partial charge in [0.25, 0.3) is 5.91 Å². The fraction of sp³-hybridized carbons (Fsp3) is 0.333. The number of aliphatic carboxylic acids is 1. The molecular weight excluding hydrogens is 312 g/mol. The lowest BCUT2D eigenvalue weighted by molar-refractivity contribution is -0.139. The van der Waals surface area contributed by atoms with Crippen LogP contribution in [-0.4, -0.2) is 35.0 Å². The molecule has 20 heavy (non-hydrogen) atoms. The molecule has 4 nitrogen and oxygen atoms in total. The molecule has 2 N–H and O–H groups in total. The second-order valence-corrected chi connectivity index (χ2v) is 5.28. The maximum atomic E-state index is 13.5. The van der Waals surface area contributed by atoms with Crippen molar-refractivity contribution >= 4 is 35.2 Å². The number of hydrogen-bond donors (Lipinski definition) is 2. The molecule has 0 fully saturated rings. The molecule has 0 aliphatic heterocycles. The van der Waals surface area contributed by atoms with E-state index in [1.165, 1.54) is 11.8 Å². The molecule has 0 aliphatic rings. The molecular formula is C12H12ClF2NO3S. The van der Waals surface area contributed by atoms with Crippen molar-refractivity contribution in [1.82, 2.24) is 5.32 Å². The highest BCUT2D eigenvalue weighted by atomic mass is 35.5. The van der Waals surface area contributed by atoms with Crippen LogP contribution in [0.5, 0.6) is 0 Å². The van der Waals surface area contributed by atoms with Crippen LogP contribution >= 0.6 is 23.4 Å². The molecule has 1 aromatic rings. The summed E-state index contributed by atoms with van der Waals surface area (Å²) in [6, 6.07) is 0.150. The molecule has 0 aliphatic carbocycles. The quantitative estimate of drug-likeness (QED) is 0.790. The molecule has 0 bridgehead atoms. The number of benzene rings is 1. The van der Waals surface area contributed by atoms with Gasteiger partial charge in [-0.05, 0) is 30.6 Å². The van der Waals surface area contributed by atoms with Crippen LogP contribution in [0.3, 0.4) is 0 Å². The summed E-state index contributed by atoms with van der Waals surface area (Å²) in [5, 5.41) is 10.7. The zero-order chi connectivity index (χ0) is 15.3. The SMILES string of the molecule is CSCC[C@H](NC(=O)c1cc(F)c(Cl)cc1F)C(=O)O. The molecule has 0 saturated carbocycles. The number of hydrogen-bond acceptors (Lipinski definition) is 3. The third-order valence-electron chi connectivity index (χ3n) is 2.47. The number of carbonyl (C=O) groups excluding carboxylic acids is 1.